The highest BCUT2D eigenvalue weighted by molar-refractivity contribution is 6.30. The Bertz CT molecular complexity index is 1080. The lowest BCUT2D eigenvalue weighted by Gasteiger charge is -2.09. The van der Waals surface area contributed by atoms with Gasteiger partial charge in [0, 0.05) is 17.0 Å². The number of hydrogen-bond acceptors (Lipinski definition) is 8. The number of amides is 1. The van der Waals surface area contributed by atoms with Gasteiger partial charge >= 0.3 is 11.9 Å². The van der Waals surface area contributed by atoms with Crippen molar-refractivity contribution in [3.8, 4) is 11.4 Å². The van der Waals surface area contributed by atoms with E-state index in [1.165, 1.54) is 13.2 Å². The highest BCUT2D eigenvalue weighted by Gasteiger charge is 2.15. The van der Waals surface area contributed by atoms with Crippen LogP contribution in [-0.4, -0.2) is 41.7 Å². The lowest BCUT2D eigenvalue weighted by Crippen LogP contribution is -2.22. The zero-order valence-corrected chi connectivity index (χ0v) is 17.2. The molecule has 3 rings (SSSR count). The van der Waals surface area contributed by atoms with Crippen LogP contribution in [0.3, 0.4) is 0 Å². The SMILES string of the molecule is COC(=O)c1ccccc1NC(=O)COC(=O)CCc1nc(-c2ccc(Cl)cc2)no1. The van der Waals surface area contributed by atoms with E-state index in [1.807, 2.05) is 0 Å². The van der Waals surface area contributed by atoms with E-state index in [2.05, 4.69) is 20.2 Å². The van der Waals surface area contributed by atoms with Gasteiger partial charge in [-0.1, -0.05) is 28.9 Å². The zero-order chi connectivity index (χ0) is 22.2. The molecule has 1 heterocycles. The summed E-state index contributed by atoms with van der Waals surface area (Å²) >= 11 is 5.85. The number of aryl methyl sites for hydroxylation is 1. The second-order valence-corrected chi connectivity index (χ2v) is 6.70. The molecule has 0 aliphatic rings. The molecule has 3 aromatic rings. The third-order valence-electron chi connectivity index (χ3n) is 4.08. The molecule has 1 N–H and O–H groups in total. The number of carbonyl (C=O) groups is 3. The monoisotopic (exact) mass is 443 g/mol. The first-order valence-corrected chi connectivity index (χ1v) is 9.55. The molecule has 0 radical (unpaired) electrons. The molecule has 1 aromatic heterocycles. The van der Waals surface area contributed by atoms with Gasteiger partial charge in [0.25, 0.3) is 5.91 Å². The van der Waals surface area contributed by atoms with Crippen LogP contribution in [0.1, 0.15) is 22.7 Å². The summed E-state index contributed by atoms with van der Waals surface area (Å²) in [4.78, 5) is 39.9. The predicted molar refractivity (Wildman–Crippen MR) is 110 cm³/mol. The molecule has 0 spiro atoms. The van der Waals surface area contributed by atoms with E-state index in [-0.39, 0.29) is 30.0 Å². The number of nitrogens with one attached hydrogen (secondary N) is 1. The van der Waals surface area contributed by atoms with Gasteiger partial charge in [0.15, 0.2) is 6.61 Å². The summed E-state index contributed by atoms with van der Waals surface area (Å²) in [7, 11) is 1.24. The van der Waals surface area contributed by atoms with Gasteiger partial charge in [0.2, 0.25) is 11.7 Å². The van der Waals surface area contributed by atoms with E-state index >= 15 is 0 Å². The largest absolute Gasteiger partial charge is 0.465 e. The number of nitrogens with zero attached hydrogens (tertiary/aromatic N) is 2. The van der Waals surface area contributed by atoms with Crippen LogP contribution >= 0.6 is 11.6 Å². The number of rotatable bonds is 8. The average Bonchev–Trinajstić information content (AvgIpc) is 3.25. The Morgan fingerprint density at radius 3 is 2.58 bits per heavy atom. The minimum atomic E-state index is -0.609. The van der Waals surface area contributed by atoms with Crippen molar-refractivity contribution in [2.24, 2.45) is 0 Å². The van der Waals surface area contributed by atoms with Crippen LogP contribution in [0.25, 0.3) is 11.4 Å². The fourth-order valence-electron chi connectivity index (χ4n) is 2.57. The summed E-state index contributed by atoms with van der Waals surface area (Å²) in [6.07, 6.45) is 0.112. The molecule has 0 saturated heterocycles. The molecule has 9 nitrogen and oxygen atoms in total. The Hall–Kier alpha value is -3.72. The van der Waals surface area contributed by atoms with Gasteiger partial charge < -0.3 is 19.3 Å². The van der Waals surface area contributed by atoms with E-state index < -0.39 is 24.5 Å². The van der Waals surface area contributed by atoms with Crippen molar-refractivity contribution in [2.75, 3.05) is 19.0 Å². The van der Waals surface area contributed by atoms with E-state index in [4.69, 9.17) is 20.9 Å². The Balaban J connectivity index is 1.46. The molecular weight excluding hydrogens is 426 g/mol. The standard InChI is InChI=1S/C21H18ClN3O6/c1-29-21(28)15-4-2-3-5-16(15)23-17(26)12-30-19(27)11-10-18-24-20(25-31-18)13-6-8-14(22)9-7-13/h2-9H,10-12H2,1H3,(H,23,26). The lowest BCUT2D eigenvalue weighted by atomic mass is 10.2. The molecular formula is C21H18ClN3O6. The van der Waals surface area contributed by atoms with Crippen molar-refractivity contribution >= 4 is 35.1 Å². The Morgan fingerprint density at radius 1 is 1.10 bits per heavy atom. The number of para-hydroxylation sites is 1. The van der Waals surface area contributed by atoms with Crippen LogP contribution < -0.4 is 5.32 Å². The number of halogens is 1. The molecule has 0 atom stereocenters. The van der Waals surface area contributed by atoms with Crippen LogP contribution in [0.15, 0.2) is 53.1 Å². The number of anilines is 1. The zero-order valence-electron chi connectivity index (χ0n) is 16.5. The Labute approximate surface area is 182 Å². The number of methoxy groups -OCH3 is 1. The number of aromatic nitrogens is 2. The van der Waals surface area contributed by atoms with Crippen LogP contribution in [0.5, 0.6) is 0 Å². The maximum absolute atomic E-state index is 12.0. The van der Waals surface area contributed by atoms with Crippen LogP contribution in [-0.2, 0) is 25.5 Å². The summed E-state index contributed by atoms with van der Waals surface area (Å²) < 4.78 is 14.7. The van der Waals surface area contributed by atoms with E-state index in [9.17, 15) is 14.4 Å². The molecule has 0 fully saturated rings. The van der Waals surface area contributed by atoms with Crippen molar-refractivity contribution in [3.63, 3.8) is 0 Å². The summed E-state index contributed by atoms with van der Waals surface area (Å²) in [5, 5.41) is 6.97. The van der Waals surface area contributed by atoms with E-state index in [0.29, 0.717) is 10.8 Å². The fraction of sp³-hybridized carbons (Fsp3) is 0.190. The third kappa shape index (κ3) is 6.13. The maximum atomic E-state index is 12.0. The van der Waals surface area contributed by atoms with Crippen molar-refractivity contribution < 1.29 is 28.4 Å². The van der Waals surface area contributed by atoms with Gasteiger partial charge in [-0.05, 0) is 36.4 Å². The van der Waals surface area contributed by atoms with Crippen molar-refractivity contribution in [1.82, 2.24) is 10.1 Å². The second kappa shape index (κ2) is 10.4. The van der Waals surface area contributed by atoms with Gasteiger partial charge in [-0.25, -0.2) is 4.79 Å². The first-order valence-electron chi connectivity index (χ1n) is 9.17. The van der Waals surface area contributed by atoms with Crippen molar-refractivity contribution in [3.05, 3.63) is 65.0 Å². The van der Waals surface area contributed by atoms with E-state index in [1.54, 1.807) is 42.5 Å². The first kappa shape index (κ1) is 22.0. The van der Waals surface area contributed by atoms with Gasteiger partial charge in [-0.3, -0.25) is 9.59 Å². The molecule has 0 bridgehead atoms. The third-order valence-corrected chi connectivity index (χ3v) is 4.34. The minimum absolute atomic E-state index is 0.0473. The average molecular weight is 444 g/mol. The smallest absolute Gasteiger partial charge is 0.339 e. The molecule has 0 aliphatic carbocycles. The van der Waals surface area contributed by atoms with Gasteiger partial charge in [0.1, 0.15) is 0 Å². The van der Waals surface area contributed by atoms with Crippen molar-refractivity contribution in [1.29, 1.82) is 0 Å². The highest BCUT2D eigenvalue weighted by atomic mass is 35.5. The van der Waals surface area contributed by atoms with Crippen LogP contribution in [0, 0.1) is 0 Å². The first-order chi connectivity index (χ1) is 15.0. The molecule has 0 unspecified atom stereocenters. The molecule has 1 amide bonds. The molecule has 0 saturated carbocycles. The molecule has 2 aromatic carbocycles. The quantitative estimate of drug-likeness (QED) is 0.526. The summed E-state index contributed by atoms with van der Waals surface area (Å²) in [5.41, 5.74) is 1.18. The Morgan fingerprint density at radius 2 is 1.84 bits per heavy atom. The number of ether oxygens (including phenoxy) is 2. The lowest BCUT2D eigenvalue weighted by molar-refractivity contribution is -0.147. The summed E-state index contributed by atoms with van der Waals surface area (Å²) in [6, 6.07) is 13.3. The van der Waals surface area contributed by atoms with Crippen LogP contribution in [0.4, 0.5) is 5.69 Å². The second-order valence-electron chi connectivity index (χ2n) is 6.26. The normalized spacial score (nSPS) is 10.4. The summed E-state index contributed by atoms with van der Waals surface area (Å²) in [6.45, 7) is -0.506. The van der Waals surface area contributed by atoms with Crippen LogP contribution in [0.2, 0.25) is 5.02 Å². The molecule has 31 heavy (non-hydrogen) atoms. The number of carbonyl (C=O) groups excluding carboxylic acids is 3. The minimum Gasteiger partial charge on any atom is -0.465 e. The number of benzene rings is 2. The maximum Gasteiger partial charge on any atom is 0.339 e. The van der Waals surface area contributed by atoms with Gasteiger partial charge in [-0.15, -0.1) is 0 Å². The highest BCUT2D eigenvalue weighted by Crippen LogP contribution is 2.19. The van der Waals surface area contributed by atoms with E-state index in [0.717, 1.165) is 5.56 Å². The predicted octanol–water partition coefficient (Wildman–Crippen LogP) is 3.29. The van der Waals surface area contributed by atoms with Crippen molar-refractivity contribution in [2.45, 2.75) is 12.8 Å². The van der Waals surface area contributed by atoms with Gasteiger partial charge in [0.05, 0.1) is 24.8 Å². The number of esters is 2. The Kier molecular flexibility index (Phi) is 7.34. The molecule has 160 valence electrons. The van der Waals surface area contributed by atoms with Gasteiger partial charge in [-0.2, -0.15) is 4.98 Å². The molecule has 10 heteroatoms. The number of hydrogen-bond donors (Lipinski definition) is 1. The molecule has 0 aliphatic heterocycles. The fourth-order valence-corrected chi connectivity index (χ4v) is 2.69. The summed E-state index contributed by atoms with van der Waals surface area (Å²) in [5.74, 6) is -1.15. The topological polar surface area (TPSA) is 121 Å².